The second-order valence-electron chi connectivity index (χ2n) is 5.69. The van der Waals surface area contributed by atoms with Crippen LogP contribution in [-0.2, 0) is 4.79 Å². The molecule has 0 saturated carbocycles. The number of hydrogen-bond donors (Lipinski definition) is 1. The van der Waals surface area contributed by atoms with Crippen LogP contribution in [0.25, 0.3) is 6.08 Å². The summed E-state index contributed by atoms with van der Waals surface area (Å²) >= 11 is 6.82. The summed E-state index contributed by atoms with van der Waals surface area (Å²) in [6, 6.07) is 9.84. The smallest absolute Gasteiger partial charge is 0.231 e. The maximum Gasteiger partial charge on any atom is 0.231 e. The number of aliphatic hydroxyl groups excluding tert-OH is 1. The molecule has 0 aromatic heterocycles. The number of amides is 1. The SMILES string of the molecule is CC(C)[C@@H]1CSC(=S)N1C(=O)C[C@H](O)/C=C/c1ccccc1. The molecule has 5 heteroatoms. The molecule has 1 saturated heterocycles. The summed E-state index contributed by atoms with van der Waals surface area (Å²) in [6.07, 6.45) is 2.75. The van der Waals surface area contributed by atoms with E-state index in [4.69, 9.17) is 12.2 Å². The predicted molar refractivity (Wildman–Crippen MR) is 96.6 cm³/mol. The molecule has 0 spiro atoms. The summed E-state index contributed by atoms with van der Waals surface area (Å²) in [5.74, 6) is 1.10. The van der Waals surface area contributed by atoms with Crippen molar-refractivity contribution in [3.05, 3.63) is 42.0 Å². The first-order valence-corrected chi connectivity index (χ1v) is 8.78. The van der Waals surface area contributed by atoms with Gasteiger partial charge in [-0.15, -0.1) is 0 Å². The van der Waals surface area contributed by atoms with E-state index in [1.807, 2.05) is 36.4 Å². The highest BCUT2D eigenvalue weighted by Gasteiger charge is 2.35. The third-order valence-electron chi connectivity index (χ3n) is 3.64. The fraction of sp³-hybridized carbons (Fsp3) is 0.412. The summed E-state index contributed by atoms with van der Waals surface area (Å²) in [5.41, 5.74) is 1.00. The van der Waals surface area contributed by atoms with Crippen LogP contribution in [-0.4, -0.2) is 38.1 Å². The Balaban J connectivity index is 1.96. The molecule has 3 nitrogen and oxygen atoms in total. The van der Waals surface area contributed by atoms with E-state index in [1.165, 1.54) is 0 Å². The van der Waals surface area contributed by atoms with Crippen LogP contribution in [0.5, 0.6) is 0 Å². The van der Waals surface area contributed by atoms with Gasteiger partial charge in [0.25, 0.3) is 0 Å². The van der Waals surface area contributed by atoms with Crippen LogP contribution in [0.15, 0.2) is 36.4 Å². The van der Waals surface area contributed by atoms with Crippen molar-refractivity contribution in [3.8, 4) is 0 Å². The summed E-state index contributed by atoms with van der Waals surface area (Å²) < 4.78 is 0.628. The van der Waals surface area contributed by atoms with Gasteiger partial charge in [-0.2, -0.15) is 0 Å². The third-order valence-corrected chi connectivity index (χ3v) is 5.14. The minimum absolute atomic E-state index is 0.0628. The van der Waals surface area contributed by atoms with Crippen LogP contribution in [0.2, 0.25) is 0 Å². The topological polar surface area (TPSA) is 40.5 Å². The number of thiocarbonyl (C=S) groups is 1. The van der Waals surface area contributed by atoms with Gasteiger partial charge < -0.3 is 5.11 Å². The molecule has 1 aliphatic heterocycles. The van der Waals surface area contributed by atoms with Crippen LogP contribution in [0.1, 0.15) is 25.8 Å². The first-order valence-electron chi connectivity index (χ1n) is 7.39. The van der Waals surface area contributed by atoms with E-state index in [0.29, 0.717) is 10.2 Å². The molecule has 1 heterocycles. The number of aliphatic hydroxyl groups is 1. The molecule has 2 rings (SSSR count). The van der Waals surface area contributed by atoms with Crippen molar-refractivity contribution < 1.29 is 9.90 Å². The zero-order chi connectivity index (χ0) is 16.1. The second kappa shape index (κ2) is 7.90. The van der Waals surface area contributed by atoms with Crippen LogP contribution in [0.3, 0.4) is 0 Å². The number of thioether (sulfide) groups is 1. The Bertz CT molecular complexity index is 557. The van der Waals surface area contributed by atoms with Gasteiger partial charge in [-0.3, -0.25) is 9.69 Å². The Morgan fingerprint density at radius 3 is 2.77 bits per heavy atom. The van der Waals surface area contributed by atoms with Gasteiger partial charge in [0.15, 0.2) is 0 Å². The van der Waals surface area contributed by atoms with Crippen molar-refractivity contribution in [2.75, 3.05) is 5.75 Å². The number of nitrogens with zero attached hydrogens (tertiary/aromatic N) is 1. The highest BCUT2D eigenvalue weighted by atomic mass is 32.2. The predicted octanol–water partition coefficient (Wildman–Crippen LogP) is 3.34. The first-order chi connectivity index (χ1) is 10.5. The molecule has 0 unspecified atom stereocenters. The minimum Gasteiger partial charge on any atom is -0.388 e. The molecule has 1 N–H and O–H groups in total. The lowest BCUT2D eigenvalue weighted by Gasteiger charge is -2.27. The van der Waals surface area contributed by atoms with Gasteiger partial charge in [0.1, 0.15) is 4.32 Å². The summed E-state index contributed by atoms with van der Waals surface area (Å²) in [5, 5.41) is 10.1. The van der Waals surface area contributed by atoms with E-state index in [-0.39, 0.29) is 18.4 Å². The fourth-order valence-corrected chi connectivity index (χ4v) is 4.01. The Hall–Kier alpha value is -1.17. The van der Waals surface area contributed by atoms with E-state index in [1.54, 1.807) is 22.7 Å². The number of rotatable bonds is 5. The van der Waals surface area contributed by atoms with Gasteiger partial charge in [-0.05, 0) is 11.5 Å². The number of hydrogen-bond acceptors (Lipinski definition) is 4. The number of benzene rings is 1. The fourth-order valence-electron chi connectivity index (χ4n) is 2.35. The molecule has 1 fully saturated rings. The average molecular weight is 335 g/mol. The van der Waals surface area contributed by atoms with Crippen LogP contribution in [0, 0.1) is 5.92 Å². The maximum absolute atomic E-state index is 12.4. The zero-order valence-electron chi connectivity index (χ0n) is 12.8. The number of carbonyl (C=O) groups excluding carboxylic acids is 1. The van der Waals surface area contributed by atoms with Gasteiger partial charge in [0, 0.05) is 11.8 Å². The van der Waals surface area contributed by atoms with E-state index >= 15 is 0 Å². The number of carbonyl (C=O) groups is 1. The standard InChI is InChI=1S/C17H21NO2S2/c1-12(2)15-11-22-17(21)18(15)16(20)10-14(19)9-8-13-6-4-3-5-7-13/h3-9,12,14-15,19H,10-11H2,1-2H3/b9-8+/t14-,15+/m1/s1. The summed E-state index contributed by atoms with van der Waals surface area (Å²) in [7, 11) is 0. The molecule has 1 aromatic carbocycles. The second-order valence-corrected chi connectivity index (χ2v) is 7.35. The lowest BCUT2D eigenvalue weighted by atomic mass is 10.0. The zero-order valence-corrected chi connectivity index (χ0v) is 14.4. The normalized spacial score (nSPS) is 20.1. The Morgan fingerprint density at radius 2 is 2.14 bits per heavy atom. The molecular formula is C17H21NO2S2. The van der Waals surface area contributed by atoms with Crippen molar-refractivity contribution in [3.63, 3.8) is 0 Å². The van der Waals surface area contributed by atoms with Gasteiger partial charge >= 0.3 is 0 Å². The van der Waals surface area contributed by atoms with Gasteiger partial charge in [-0.1, -0.05) is 80.3 Å². The van der Waals surface area contributed by atoms with Crippen molar-refractivity contribution in [2.45, 2.75) is 32.4 Å². The molecule has 2 atom stereocenters. The molecule has 1 aliphatic rings. The lowest BCUT2D eigenvalue weighted by Crippen LogP contribution is -2.42. The van der Waals surface area contributed by atoms with Gasteiger partial charge in [0.05, 0.1) is 12.5 Å². The van der Waals surface area contributed by atoms with E-state index in [9.17, 15) is 9.90 Å². The quantitative estimate of drug-likeness (QED) is 0.838. The molecular weight excluding hydrogens is 314 g/mol. The van der Waals surface area contributed by atoms with Crippen molar-refractivity contribution in [2.24, 2.45) is 5.92 Å². The Kier molecular flexibility index (Phi) is 6.17. The molecule has 0 aliphatic carbocycles. The maximum atomic E-state index is 12.4. The van der Waals surface area contributed by atoms with Gasteiger partial charge in [0.2, 0.25) is 5.91 Å². The Morgan fingerprint density at radius 1 is 1.45 bits per heavy atom. The minimum atomic E-state index is -0.797. The lowest BCUT2D eigenvalue weighted by molar-refractivity contribution is -0.130. The van der Waals surface area contributed by atoms with Crippen molar-refractivity contribution >= 4 is 40.3 Å². The highest BCUT2D eigenvalue weighted by Crippen LogP contribution is 2.29. The molecule has 118 valence electrons. The molecule has 1 aromatic rings. The van der Waals surface area contributed by atoms with Crippen LogP contribution >= 0.6 is 24.0 Å². The largest absolute Gasteiger partial charge is 0.388 e. The van der Waals surface area contributed by atoms with Crippen molar-refractivity contribution in [1.82, 2.24) is 4.90 Å². The van der Waals surface area contributed by atoms with E-state index in [0.717, 1.165) is 11.3 Å². The molecule has 22 heavy (non-hydrogen) atoms. The monoisotopic (exact) mass is 335 g/mol. The molecule has 0 bridgehead atoms. The van der Waals surface area contributed by atoms with Crippen LogP contribution in [0.4, 0.5) is 0 Å². The van der Waals surface area contributed by atoms with Crippen molar-refractivity contribution in [1.29, 1.82) is 0 Å². The molecule has 1 amide bonds. The average Bonchev–Trinajstić information content (AvgIpc) is 2.88. The van der Waals surface area contributed by atoms with Gasteiger partial charge in [-0.25, -0.2) is 0 Å². The summed E-state index contributed by atoms with van der Waals surface area (Å²) in [6.45, 7) is 4.18. The summed E-state index contributed by atoms with van der Waals surface area (Å²) in [4.78, 5) is 14.1. The third kappa shape index (κ3) is 4.41. The Labute approximate surface area is 141 Å². The van der Waals surface area contributed by atoms with E-state index < -0.39 is 6.10 Å². The highest BCUT2D eigenvalue weighted by molar-refractivity contribution is 8.23. The van der Waals surface area contributed by atoms with E-state index in [2.05, 4.69) is 13.8 Å². The molecule has 0 radical (unpaired) electrons. The van der Waals surface area contributed by atoms with Crippen LogP contribution < -0.4 is 0 Å². The first kappa shape index (κ1) is 17.2.